The second-order valence-electron chi connectivity index (χ2n) is 10.2. The van der Waals surface area contributed by atoms with Gasteiger partial charge in [-0.25, -0.2) is 0 Å². The Kier molecular flexibility index (Phi) is 7.75. The fraction of sp³-hybridized carbons (Fsp3) is 0.265. The van der Waals surface area contributed by atoms with Gasteiger partial charge in [0.15, 0.2) is 6.29 Å². The van der Waals surface area contributed by atoms with Crippen LogP contribution in [-0.4, -0.2) is 43.2 Å². The molecule has 0 saturated carbocycles. The van der Waals surface area contributed by atoms with Crippen molar-refractivity contribution in [2.45, 2.75) is 49.8 Å². The van der Waals surface area contributed by atoms with E-state index in [0.29, 0.717) is 13.2 Å². The summed E-state index contributed by atoms with van der Waals surface area (Å²) in [5, 5.41) is 3.04. The average Bonchev–Trinajstić information content (AvgIpc) is 3.45. The molecular weight excluding hydrogens is 502 g/mol. The molecule has 4 aromatic carbocycles. The molecule has 2 saturated heterocycles. The number of carbonyl (C=O) groups is 1. The third kappa shape index (κ3) is 5.19. The number of rotatable bonds is 9. The molecule has 1 N–H and O–H groups in total. The minimum absolute atomic E-state index is 0.185. The van der Waals surface area contributed by atoms with Crippen LogP contribution in [0.2, 0.25) is 0 Å². The number of hydrogen-bond acceptors (Lipinski definition) is 5. The fourth-order valence-corrected chi connectivity index (χ4v) is 5.79. The van der Waals surface area contributed by atoms with Crippen LogP contribution in [-0.2, 0) is 35.9 Å². The molecule has 5 atom stereocenters. The summed E-state index contributed by atoms with van der Waals surface area (Å²) in [7, 11) is 0. The highest BCUT2D eigenvalue weighted by Crippen LogP contribution is 2.45. The minimum atomic E-state index is -0.984. The van der Waals surface area contributed by atoms with E-state index in [1.807, 2.05) is 84.9 Å². The predicted octanol–water partition coefficient (Wildman–Crippen LogP) is 5.21. The summed E-state index contributed by atoms with van der Waals surface area (Å²) in [6, 6.07) is 40.1. The summed E-state index contributed by atoms with van der Waals surface area (Å²) in [6.45, 7) is 2.19. The number of nitrogens with one attached hydrogen (secondary N) is 1. The third-order valence-electron chi connectivity index (χ3n) is 7.58. The minimum Gasteiger partial charge on any atom is -0.368 e. The quantitative estimate of drug-likeness (QED) is 0.298. The van der Waals surface area contributed by atoms with Gasteiger partial charge in [0.25, 0.3) is 0 Å². The Morgan fingerprint density at radius 3 is 1.77 bits per heavy atom. The van der Waals surface area contributed by atoms with Crippen LogP contribution < -0.4 is 5.32 Å². The normalized spacial score (nSPS) is 24.0. The van der Waals surface area contributed by atoms with Crippen LogP contribution in [0.15, 0.2) is 121 Å². The van der Waals surface area contributed by atoms with Crippen molar-refractivity contribution in [3.63, 3.8) is 0 Å². The Balaban J connectivity index is 1.48. The summed E-state index contributed by atoms with van der Waals surface area (Å²) in [5.74, 6) is -0.185. The van der Waals surface area contributed by atoms with Gasteiger partial charge in [-0.1, -0.05) is 121 Å². The van der Waals surface area contributed by atoms with Crippen molar-refractivity contribution in [1.29, 1.82) is 0 Å². The summed E-state index contributed by atoms with van der Waals surface area (Å²) in [6.07, 6.45) is -2.11. The molecule has 0 aromatic heterocycles. The molecule has 2 fully saturated rings. The van der Waals surface area contributed by atoms with Gasteiger partial charge in [-0.2, -0.15) is 0 Å². The number of amides is 1. The van der Waals surface area contributed by atoms with Crippen LogP contribution in [0.25, 0.3) is 0 Å². The molecule has 0 aliphatic carbocycles. The van der Waals surface area contributed by atoms with Crippen molar-refractivity contribution in [3.8, 4) is 0 Å². The lowest BCUT2D eigenvalue weighted by Crippen LogP contribution is -2.63. The van der Waals surface area contributed by atoms with Gasteiger partial charge in [0, 0.05) is 6.92 Å². The summed E-state index contributed by atoms with van der Waals surface area (Å²) < 4.78 is 26.4. The molecule has 1 amide bonds. The lowest BCUT2D eigenvalue weighted by molar-refractivity contribution is -0.234. The van der Waals surface area contributed by atoms with Crippen LogP contribution >= 0.6 is 0 Å². The molecule has 204 valence electrons. The summed E-state index contributed by atoms with van der Waals surface area (Å²) in [5.41, 5.74) is 2.98. The van der Waals surface area contributed by atoms with Crippen LogP contribution in [0, 0.1) is 0 Å². The Hall–Kier alpha value is -3.81. The van der Waals surface area contributed by atoms with Gasteiger partial charge >= 0.3 is 0 Å². The summed E-state index contributed by atoms with van der Waals surface area (Å²) in [4.78, 5) is 12.3. The number of ether oxygens (including phenoxy) is 4. The van der Waals surface area contributed by atoms with Gasteiger partial charge in [0.2, 0.25) is 5.91 Å². The molecule has 6 nitrogen and oxygen atoms in total. The molecule has 0 unspecified atom stereocenters. The van der Waals surface area contributed by atoms with Crippen molar-refractivity contribution in [2.24, 2.45) is 0 Å². The fourth-order valence-electron chi connectivity index (χ4n) is 5.79. The van der Waals surface area contributed by atoms with Gasteiger partial charge in [-0.15, -0.1) is 0 Å². The molecule has 2 aliphatic rings. The molecule has 0 radical (unpaired) electrons. The maximum absolute atomic E-state index is 12.3. The molecule has 6 rings (SSSR count). The lowest BCUT2D eigenvalue weighted by Gasteiger charge is -2.46. The average molecular weight is 536 g/mol. The molecule has 4 aromatic rings. The Labute approximate surface area is 234 Å². The van der Waals surface area contributed by atoms with Crippen LogP contribution in [0.3, 0.4) is 0 Å². The van der Waals surface area contributed by atoms with E-state index < -0.39 is 30.1 Å². The van der Waals surface area contributed by atoms with E-state index in [-0.39, 0.29) is 12.0 Å². The Morgan fingerprint density at radius 1 is 0.775 bits per heavy atom. The highest BCUT2D eigenvalue weighted by Gasteiger charge is 2.55. The van der Waals surface area contributed by atoms with Gasteiger partial charge in [-0.05, 0) is 22.3 Å². The van der Waals surface area contributed by atoms with E-state index in [4.69, 9.17) is 18.9 Å². The van der Waals surface area contributed by atoms with Crippen molar-refractivity contribution in [1.82, 2.24) is 5.32 Å². The SMILES string of the molecule is CC(=O)N[C@H]1[C@@H]2OC[C@@H](O2)[C@@H](OC(c2ccccc2)(c2ccccc2)c2ccccc2)[C@@H]1OCc1ccccc1. The molecule has 0 spiro atoms. The number of hydrogen-bond donors (Lipinski definition) is 1. The molecular formula is C34H33NO5. The standard InChI is InChI=1S/C34H33NO5/c1-24(36)35-30-32(37-22-25-14-6-2-7-15-25)31(29-23-38-33(30)39-29)40-34(26-16-8-3-9-17-26,27-18-10-4-11-19-27)28-20-12-5-13-21-28/h2-21,29-33H,22-23H2,1H3,(H,35,36)/t29-,30-,31-,32-,33-/m1/s1. The zero-order valence-electron chi connectivity index (χ0n) is 22.4. The van der Waals surface area contributed by atoms with Crippen LogP contribution in [0.1, 0.15) is 29.2 Å². The van der Waals surface area contributed by atoms with E-state index in [1.54, 1.807) is 0 Å². The lowest BCUT2D eigenvalue weighted by atomic mass is 9.79. The Morgan fingerprint density at radius 2 is 1.27 bits per heavy atom. The van der Waals surface area contributed by atoms with Gasteiger partial charge in [0.05, 0.1) is 13.2 Å². The molecule has 6 heteroatoms. The predicted molar refractivity (Wildman–Crippen MR) is 151 cm³/mol. The second-order valence-corrected chi connectivity index (χ2v) is 10.2. The van der Waals surface area contributed by atoms with E-state index in [0.717, 1.165) is 22.3 Å². The van der Waals surface area contributed by atoms with E-state index in [9.17, 15) is 4.79 Å². The highest BCUT2D eigenvalue weighted by molar-refractivity contribution is 5.73. The first-order chi connectivity index (χ1) is 19.6. The first kappa shape index (κ1) is 26.4. The summed E-state index contributed by atoms with van der Waals surface area (Å²) >= 11 is 0. The Bertz CT molecular complexity index is 1290. The maximum atomic E-state index is 12.3. The number of fused-ring (bicyclic) bond motifs is 2. The number of carbonyl (C=O) groups excluding carboxylic acids is 1. The van der Waals surface area contributed by atoms with Crippen molar-refractivity contribution < 1.29 is 23.7 Å². The van der Waals surface area contributed by atoms with Crippen molar-refractivity contribution >= 4 is 5.91 Å². The van der Waals surface area contributed by atoms with E-state index in [2.05, 4.69) is 41.7 Å². The van der Waals surface area contributed by atoms with E-state index in [1.165, 1.54) is 6.92 Å². The molecule has 2 aliphatic heterocycles. The molecule has 2 bridgehead atoms. The van der Waals surface area contributed by atoms with Gasteiger partial charge < -0.3 is 24.3 Å². The second kappa shape index (κ2) is 11.7. The molecule has 40 heavy (non-hydrogen) atoms. The number of benzene rings is 4. The van der Waals surface area contributed by atoms with Crippen LogP contribution in [0.4, 0.5) is 0 Å². The van der Waals surface area contributed by atoms with Crippen molar-refractivity contribution in [2.75, 3.05) is 6.61 Å². The highest BCUT2D eigenvalue weighted by atomic mass is 16.7. The molecule has 2 heterocycles. The van der Waals surface area contributed by atoms with Gasteiger partial charge in [-0.3, -0.25) is 4.79 Å². The smallest absolute Gasteiger partial charge is 0.217 e. The third-order valence-corrected chi connectivity index (χ3v) is 7.58. The first-order valence-corrected chi connectivity index (χ1v) is 13.7. The van der Waals surface area contributed by atoms with Crippen molar-refractivity contribution in [3.05, 3.63) is 144 Å². The zero-order valence-corrected chi connectivity index (χ0v) is 22.4. The maximum Gasteiger partial charge on any atom is 0.217 e. The van der Waals surface area contributed by atoms with Gasteiger partial charge in [0.1, 0.15) is 30.0 Å². The topological polar surface area (TPSA) is 66.0 Å². The zero-order chi connectivity index (χ0) is 27.4. The monoisotopic (exact) mass is 535 g/mol. The largest absolute Gasteiger partial charge is 0.368 e. The van der Waals surface area contributed by atoms with E-state index >= 15 is 0 Å². The van der Waals surface area contributed by atoms with Crippen LogP contribution in [0.5, 0.6) is 0 Å². The first-order valence-electron chi connectivity index (χ1n) is 13.7.